The minimum absolute atomic E-state index is 0. The van der Waals surface area contributed by atoms with Crippen LogP contribution in [0.1, 0.15) is 38.5 Å². The zero-order chi connectivity index (χ0) is 11.4. The van der Waals surface area contributed by atoms with Crippen LogP contribution in [0, 0.1) is 5.92 Å². The minimum Gasteiger partial charge on any atom is -0.379 e. The summed E-state index contributed by atoms with van der Waals surface area (Å²) < 4.78 is 5.33. The maximum absolute atomic E-state index is 11.8. The largest absolute Gasteiger partial charge is 0.379 e. The highest BCUT2D eigenvalue weighted by atomic mass is 35.5. The lowest BCUT2D eigenvalue weighted by atomic mass is 9.99. The second-order valence-electron chi connectivity index (χ2n) is 5.04. The first-order valence-electron chi connectivity index (χ1n) is 6.38. The van der Waals surface area contributed by atoms with Crippen molar-refractivity contribution in [2.45, 2.75) is 50.6 Å². The van der Waals surface area contributed by atoms with Gasteiger partial charge < -0.3 is 15.8 Å². The summed E-state index contributed by atoms with van der Waals surface area (Å²) in [5, 5.41) is 3.05. The fourth-order valence-electron chi connectivity index (χ4n) is 2.70. The Morgan fingerprint density at radius 3 is 2.71 bits per heavy atom. The summed E-state index contributed by atoms with van der Waals surface area (Å²) in [5.74, 6) is 0.544. The molecule has 1 aliphatic heterocycles. The molecule has 1 heterocycles. The molecule has 5 heteroatoms. The molecule has 3 atom stereocenters. The van der Waals surface area contributed by atoms with E-state index < -0.39 is 0 Å². The van der Waals surface area contributed by atoms with E-state index in [0.717, 1.165) is 32.3 Å². The first kappa shape index (κ1) is 14.7. The van der Waals surface area contributed by atoms with E-state index in [9.17, 15) is 4.79 Å². The summed E-state index contributed by atoms with van der Waals surface area (Å²) in [6, 6.07) is 0.451. The summed E-state index contributed by atoms with van der Waals surface area (Å²) >= 11 is 0. The Balaban J connectivity index is 0.00000144. The first-order valence-corrected chi connectivity index (χ1v) is 6.38. The maximum atomic E-state index is 11.8. The molecule has 2 fully saturated rings. The summed E-state index contributed by atoms with van der Waals surface area (Å²) in [6.07, 6.45) is 6.04. The second-order valence-corrected chi connectivity index (χ2v) is 5.04. The first-order chi connectivity index (χ1) is 7.75. The van der Waals surface area contributed by atoms with Crippen LogP contribution in [0.15, 0.2) is 0 Å². The molecule has 0 aromatic carbocycles. The molecule has 1 aliphatic carbocycles. The summed E-state index contributed by atoms with van der Waals surface area (Å²) in [6.45, 7) is 1.50. The van der Waals surface area contributed by atoms with Crippen molar-refractivity contribution in [3.63, 3.8) is 0 Å². The molecule has 4 nitrogen and oxygen atoms in total. The van der Waals surface area contributed by atoms with Crippen LogP contribution in [0.3, 0.4) is 0 Å². The molecule has 0 radical (unpaired) electrons. The van der Waals surface area contributed by atoms with Crippen molar-refractivity contribution in [1.82, 2.24) is 5.32 Å². The topological polar surface area (TPSA) is 64.4 Å². The van der Waals surface area contributed by atoms with Gasteiger partial charge in [0.15, 0.2) is 0 Å². The number of nitrogens with two attached hydrogens (primary N) is 1. The molecule has 3 N–H and O–H groups in total. The lowest BCUT2D eigenvalue weighted by Gasteiger charge is -2.24. The monoisotopic (exact) mass is 262 g/mol. The molecule has 1 saturated heterocycles. The van der Waals surface area contributed by atoms with Gasteiger partial charge in [-0.3, -0.25) is 4.79 Å². The molecule has 1 saturated carbocycles. The lowest BCUT2D eigenvalue weighted by molar-refractivity contribution is -0.123. The number of ether oxygens (including phenoxy) is 1. The fraction of sp³-hybridized carbons (Fsp3) is 0.917. The number of carbonyl (C=O) groups excluding carboxylic acids is 1. The van der Waals surface area contributed by atoms with Gasteiger partial charge in [0.05, 0.1) is 12.6 Å². The summed E-state index contributed by atoms with van der Waals surface area (Å²) in [7, 11) is 0. The molecule has 2 aliphatic rings. The van der Waals surface area contributed by atoms with Crippen LogP contribution < -0.4 is 11.1 Å². The zero-order valence-corrected chi connectivity index (χ0v) is 11.0. The molecule has 100 valence electrons. The van der Waals surface area contributed by atoms with Gasteiger partial charge in [-0.1, -0.05) is 6.42 Å². The van der Waals surface area contributed by atoms with Crippen LogP contribution in [0.4, 0.5) is 0 Å². The van der Waals surface area contributed by atoms with Crippen molar-refractivity contribution in [3.8, 4) is 0 Å². The van der Waals surface area contributed by atoms with Crippen molar-refractivity contribution in [2.75, 3.05) is 13.2 Å². The van der Waals surface area contributed by atoms with Gasteiger partial charge in [0.25, 0.3) is 0 Å². The van der Waals surface area contributed by atoms with E-state index in [4.69, 9.17) is 10.5 Å². The Kier molecular flexibility index (Phi) is 6.23. The minimum atomic E-state index is 0. The standard InChI is InChI=1S/C12H22N2O2.ClH/c13-11-5-1-3-9(11)7-12(15)14-10-4-2-6-16-8-10;/h9-11H,1-8,13H2,(H,14,15);1H/t9-,10?,11+;/m0./s1. The smallest absolute Gasteiger partial charge is 0.220 e. The number of nitrogens with one attached hydrogen (secondary N) is 1. The number of carbonyl (C=O) groups is 1. The lowest BCUT2D eigenvalue weighted by Crippen LogP contribution is -2.42. The summed E-state index contributed by atoms with van der Waals surface area (Å²) in [5.41, 5.74) is 5.96. The third kappa shape index (κ3) is 4.45. The SMILES string of the molecule is Cl.N[C@@H]1CCC[C@H]1CC(=O)NC1CCCOC1. The van der Waals surface area contributed by atoms with E-state index in [1.165, 1.54) is 6.42 Å². The number of hydrogen-bond acceptors (Lipinski definition) is 3. The number of hydrogen-bond donors (Lipinski definition) is 2. The third-order valence-corrected chi connectivity index (χ3v) is 3.69. The molecule has 0 aromatic rings. The van der Waals surface area contributed by atoms with Crippen molar-refractivity contribution < 1.29 is 9.53 Å². The van der Waals surface area contributed by atoms with E-state index in [2.05, 4.69) is 5.32 Å². The fourth-order valence-corrected chi connectivity index (χ4v) is 2.70. The van der Waals surface area contributed by atoms with Crippen LogP contribution >= 0.6 is 12.4 Å². The van der Waals surface area contributed by atoms with E-state index in [-0.39, 0.29) is 30.4 Å². The summed E-state index contributed by atoms with van der Waals surface area (Å²) in [4.78, 5) is 11.8. The second kappa shape index (κ2) is 7.19. The Labute approximate surface area is 109 Å². The Morgan fingerprint density at radius 2 is 2.12 bits per heavy atom. The molecule has 1 amide bonds. The van der Waals surface area contributed by atoms with Crippen LogP contribution in [0.5, 0.6) is 0 Å². The highest BCUT2D eigenvalue weighted by Crippen LogP contribution is 2.26. The third-order valence-electron chi connectivity index (χ3n) is 3.69. The van der Waals surface area contributed by atoms with Crippen LogP contribution in [-0.2, 0) is 9.53 Å². The molecule has 2 rings (SSSR count). The van der Waals surface area contributed by atoms with Gasteiger partial charge in [-0.2, -0.15) is 0 Å². The Bertz CT molecular complexity index is 245. The van der Waals surface area contributed by atoms with E-state index in [0.29, 0.717) is 18.9 Å². The number of rotatable bonds is 3. The molecule has 1 unspecified atom stereocenters. The Morgan fingerprint density at radius 1 is 1.29 bits per heavy atom. The average molecular weight is 263 g/mol. The van der Waals surface area contributed by atoms with Gasteiger partial charge in [0.1, 0.15) is 0 Å². The van der Waals surface area contributed by atoms with Crippen LogP contribution in [0.25, 0.3) is 0 Å². The molecular formula is C12H23ClN2O2. The predicted octanol–water partition coefficient (Wildman–Crippen LogP) is 1.22. The van der Waals surface area contributed by atoms with Gasteiger partial charge in [-0.15, -0.1) is 12.4 Å². The van der Waals surface area contributed by atoms with Crippen molar-refractivity contribution >= 4 is 18.3 Å². The van der Waals surface area contributed by atoms with Gasteiger partial charge in [0, 0.05) is 19.1 Å². The Hall–Kier alpha value is -0.320. The van der Waals surface area contributed by atoms with Crippen LogP contribution in [-0.4, -0.2) is 31.2 Å². The van der Waals surface area contributed by atoms with Gasteiger partial charge in [-0.05, 0) is 31.6 Å². The predicted molar refractivity (Wildman–Crippen MR) is 69.2 cm³/mol. The van der Waals surface area contributed by atoms with E-state index >= 15 is 0 Å². The quantitative estimate of drug-likeness (QED) is 0.804. The zero-order valence-electron chi connectivity index (χ0n) is 10.2. The molecule has 17 heavy (non-hydrogen) atoms. The van der Waals surface area contributed by atoms with Crippen molar-refractivity contribution in [3.05, 3.63) is 0 Å². The highest BCUT2D eigenvalue weighted by Gasteiger charge is 2.27. The molecular weight excluding hydrogens is 240 g/mol. The van der Waals surface area contributed by atoms with E-state index in [1.807, 2.05) is 0 Å². The van der Waals surface area contributed by atoms with Crippen LogP contribution in [0.2, 0.25) is 0 Å². The molecule has 0 aromatic heterocycles. The average Bonchev–Trinajstić information content (AvgIpc) is 2.66. The normalized spacial score (nSPS) is 32.9. The van der Waals surface area contributed by atoms with Gasteiger partial charge in [-0.25, -0.2) is 0 Å². The van der Waals surface area contributed by atoms with Crippen molar-refractivity contribution in [1.29, 1.82) is 0 Å². The number of amides is 1. The molecule has 0 spiro atoms. The van der Waals surface area contributed by atoms with Crippen molar-refractivity contribution in [2.24, 2.45) is 11.7 Å². The molecule has 0 bridgehead atoms. The van der Waals surface area contributed by atoms with Gasteiger partial charge in [0.2, 0.25) is 5.91 Å². The maximum Gasteiger partial charge on any atom is 0.220 e. The highest BCUT2D eigenvalue weighted by molar-refractivity contribution is 5.85. The van der Waals surface area contributed by atoms with E-state index in [1.54, 1.807) is 0 Å². The van der Waals surface area contributed by atoms with Gasteiger partial charge >= 0.3 is 0 Å². The number of halogens is 1.